The number of hydrogen-bond donors (Lipinski definition) is 1. The number of carbonyl (C=O) groups excluding carboxylic acids is 1. The lowest BCUT2D eigenvalue weighted by atomic mass is 10.1. The van der Waals surface area contributed by atoms with Crippen molar-refractivity contribution in [3.8, 4) is 11.5 Å². The third kappa shape index (κ3) is 5.42. The number of carbonyl (C=O) groups is 1. The number of amides is 1. The van der Waals surface area contributed by atoms with Gasteiger partial charge in [-0.1, -0.05) is 48.5 Å². The topological polar surface area (TPSA) is 72.5 Å². The highest BCUT2D eigenvalue weighted by atomic mass is 32.2. The van der Waals surface area contributed by atoms with Gasteiger partial charge in [0.05, 0.1) is 10.6 Å². The van der Waals surface area contributed by atoms with E-state index in [1.807, 2.05) is 30.3 Å². The molecule has 6 heteroatoms. The van der Waals surface area contributed by atoms with Gasteiger partial charge in [0.15, 0.2) is 9.84 Å². The van der Waals surface area contributed by atoms with E-state index in [4.69, 9.17) is 4.74 Å². The van der Waals surface area contributed by atoms with Crippen LogP contribution in [-0.4, -0.2) is 14.3 Å². The molecular formula is C26H21NO4S. The standard InChI is InChI=1S/C26H21NO4S/c28-26(27-22-15-17-24(18-16-22)31-23-7-3-1-4-8-23)21-13-11-20(12-14-21)19-32(29,30)25-9-5-2-6-10-25/h1-18H,19H2,(H,27,28). The van der Waals surface area contributed by atoms with E-state index in [2.05, 4.69) is 5.32 Å². The van der Waals surface area contributed by atoms with Crippen LogP contribution in [0.2, 0.25) is 0 Å². The van der Waals surface area contributed by atoms with Crippen LogP contribution in [0.15, 0.2) is 114 Å². The largest absolute Gasteiger partial charge is 0.457 e. The maximum Gasteiger partial charge on any atom is 0.255 e. The maximum atomic E-state index is 12.5. The van der Waals surface area contributed by atoms with E-state index in [0.29, 0.717) is 22.6 Å². The predicted molar refractivity (Wildman–Crippen MR) is 125 cm³/mol. The molecular weight excluding hydrogens is 422 g/mol. The number of ether oxygens (including phenoxy) is 1. The summed E-state index contributed by atoms with van der Waals surface area (Å²) in [5.41, 5.74) is 1.69. The molecule has 0 aromatic heterocycles. The maximum absolute atomic E-state index is 12.5. The Balaban J connectivity index is 1.37. The summed E-state index contributed by atoms with van der Waals surface area (Å²) in [5, 5.41) is 2.83. The van der Waals surface area contributed by atoms with Crippen LogP contribution < -0.4 is 10.1 Å². The second kappa shape index (κ2) is 9.49. The lowest BCUT2D eigenvalue weighted by Gasteiger charge is -2.09. The quantitative estimate of drug-likeness (QED) is 0.397. The summed E-state index contributed by atoms with van der Waals surface area (Å²) in [5.74, 6) is 0.998. The van der Waals surface area contributed by atoms with Crippen LogP contribution in [-0.2, 0) is 15.6 Å². The molecule has 0 spiro atoms. The van der Waals surface area contributed by atoms with Crippen LogP contribution in [0.25, 0.3) is 0 Å². The summed E-state index contributed by atoms with van der Waals surface area (Å²) < 4.78 is 30.8. The molecule has 4 aromatic rings. The van der Waals surface area contributed by atoms with Crippen LogP contribution in [0.3, 0.4) is 0 Å². The first-order valence-electron chi connectivity index (χ1n) is 10.0. The SMILES string of the molecule is O=C(Nc1ccc(Oc2ccccc2)cc1)c1ccc(CS(=O)(=O)c2ccccc2)cc1. The van der Waals surface area contributed by atoms with E-state index in [9.17, 15) is 13.2 Å². The first-order valence-corrected chi connectivity index (χ1v) is 11.7. The Kier molecular flexibility index (Phi) is 6.33. The Hall–Kier alpha value is -3.90. The molecule has 4 aromatic carbocycles. The average molecular weight is 444 g/mol. The molecule has 32 heavy (non-hydrogen) atoms. The minimum absolute atomic E-state index is 0.123. The molecule has 0 aliphatic rings. The van der Waals surface area contributed by atoms with Crippen molar-refractivity contribution in [2.75, 3.05) is 5.32 Å². The zero-order chi connectivity index (χ0) is 22.4. The molecule has 0 heterocycles. The summed E-state index contributed by atoms with van der Waals surface area (Å²) in [6, 6.07) is 31.4. The summed E-state index contributed by atoms with van der Waals surface area (Å²) >= 11 is 0. The zero-order valence-corrected chi connectivity index (χ0v) is 18.0. The Morgan fingerprint density at radius 3 is 1.88 bits per heavy atom. The highest BCUT2D eigenvalue weighted by Gasteiger charge is 2.15. The van der Waals surface area contributed by atoms with Gasteiger partial charge in [0.2, 0.25) is 0 Å². The van der Waals surface area contributed by atoms with Crippen molar-refractivity contribution in [2.45, 2.75) is 10.6 Å². The highest BCUT2D eigenvalue weighted by Crippen LogP contribution is 2.23. The Morgan fingerprint density at radius 2 is 1.25 bits per heavy atom. The molecule has 0 aliphatic carbocycles. The zero-order valence-electron chi connectivity index (χ0n) is 17.1. The van der Waals surface area contributed by atoms with Crippen molar-refractivity contribution in [2.24, 2.45) is 0 Å². The molecule has 0 atom stereocenters. The minimum Gasteiger partial charge on any atom is -0.457 e. The second-order valence-electron chi connectivity index (χ2n) is 7.16. The summed E-state index contributed by atoms with van der Waals surface area (Å²) in [7, 11) is -3.43. The monoisotopic (exact) mass is 443 g/mol. The van der Waals surface area contributed by atoms with Crippen molar-refractivity contribution in [1.29, 1.82) is 0 Å². The fourth-order valence-electron chi connectivity index (χ4n) is 3.12. The van der Waals surface area contributed by atoms with Gasteiger partial charge in [0, 0.05) is 11.3 Å². The van der Waals surface area contributed by atoms with Gasteiger partial charge in [-0.05, 0) is 66.2 Å². The first kappa shape index (κ1) is 21.3. The lowest BCUT2D eigenvalue weighted by molar-refractivity contribution is 0.102. The van der Waals surface area contributed by atoms with Crippen molar-refractivity contribution < 1.29 is 17.9 Å². The number of nitrogens with one attached hydrogen (secondary N) is 1. The van der Waals surface area contributed by atoms with Gasteiger partial charge in [0.25, 0.3) is 5.91 Å². The third-order valence-corrected chi connectivity index (χ3v) is 6.47. The summed E-state index contributed by atoms with van der Waals surface area (Å²) in [6.07, 6.45) is 0. The molecule has 0 radical (unpaired) electrons. The van der Waals surface area contributed by atoms with Gasteiger partial charge in [-0.15, -0.1) is 0 Å². The molecule has 5 nitrogen and oxygen atoms in total. The molecule has 0 aliphatic heterocycles. The van der Waals surface area contributed by atoms with E-state index in [-0.39, 0.29) is 16.6 Å². The fraction of sp³-hybridized carbons (Fsp3) is 0.0385. The second-order valence-corrected chi connectivity index (χ2v) is 9.15. The molecule has 0 saturated carbocycles. The van der Waals surface area contributed by atoms with Crippen molar-refractivity contribution in [3.05, 3.63) is 120 Å². The number of rotatable bonds is 7. The van der Waals surface area contributed by atoms with Gasteiger partial charge in [-0.2, -0.15) is 0 Å². The van der Waals surface area contributed by atoms with Crippen LogP contribution in [0, 0.1) is 0 Å². The third-order valence-electron chi connectivity index (χ3n) is 4.77. The van der Waals surface area contributed by atoms with E-state index < -0.39 is 9.84 Å². The average Bonchev–Trinajstić information content (AvgIpc) is 2.82. The summed E-state index contributed by atoms with van der Waals surface area (Å²) in [6.45, 7) is 0. The van der Waals surface area contributed by atoms with Crippen molar-refractivity contribution >= 4 is 21.4 Å². The minimum atomic E-state index is -3.43. The van der Waals surface area contributed by atoms with Gasteiger partial charge in [0.1, 0.15) is 11.5 Å². The Bertz CT molecular complexity index is 1290. The van der Waals surface area contributed by atoms with Gasteiger partial charge in [-0.25, -0.2) is 8.42 Å². The van der Waals surface area contributed by atoms with Gasteiger partial charge in [-0.3, -0.25) is 4.79 Å². The molecule has 0 bridgehead atoms. The van der Waals surface area contributed by atoms with Crippen molar-refractivity contribution in [1.82, 2.24) is 0 Å². The van der Waals surface area contributed by atoms with Crippen LogP contribution in [0.4, 0.5) is 5.69 Å². The molecule has 1 amide bonds. The van der Waals surface area contributed by atoms with Crippen LogP contribution >= 0.6 is 0 Å². The number of sulfone groups is 1. The molecule has 1 N–H and O–H groups in total. The van der Waals surface area contributed by atoms with Gasteiger partial charge < -0.3 is 10.1 Å². The van der Waals surface area contributed by atoms with E-state index in [0.717, 1.165) is 5.75 Å². The number of benzene rings is 4. The van der Waals surface area contributed by atoms with E-state index in [1.165, 1.54) is 0 Å². The highest BCUT2D eigenvalue weighted by molar-refractivity contribution is 7.90. The Labute approximate surface area is 187 Å². The molecule has 0 saturated heterocycles. The molecule has 0 unspecified atom stereocenters. The smallest absolute Gasteiger partial charge is 0.255 e. The van der Waals surface area contributed by atoms with Gasteiger partial charge >= 0.3 is 0 Å². The number of anilines is 1. The number of hydrogen-bond acceptors (Lipinski definition) is 4. The van der Waals surface area contributed by atoms with E-state index in [1.54, 1.807) is 78.9 Å². The predicted octanol–water partition coefficient (Wildman–Crippen LogP) is 5.71. The molecule has 160 valence electrons. The lowest BCUT2D eigenvalue weighted by Crippen LogP contribution is -2.12. The normalized spacial score (nSPS) is 11.0. The molecule has 0 fully saturated rings. The number of para-hydroxylation sites is 1. The Morgan fingerprint density at radius 1 is 0.688 bits per heavy atom. The first-order chi connectivity index (χ1) is 15.5. The van der Waals surface area contributed by atoms with Crippen molar-refractivity contribution in [3.63, 3.8) is 0 Å². The van der Waals surface area contributed by atoms with Crippen LogP contribution in [0.1, 0.15) is 15.9 Å². The molecule has 4 rings (SSSR count). The van der Waals surface area contributed by atoms with Crippen LogP contribution in [0.5, 0.6) is 11.5 Å². The summed E-state index contributed by atoms with van der Waals surface area (Å²) in [4.78, 5) is 12.8. The van der Waals surface area contributed by atoms with E-state index >= 15 is 0 Å². The fourth-order valence-corrected chi connectivity index (χ4v) is 4.49.